The number of hydrogen-bond acceptors (Lipinski definition) is 15. The highest BCUT2D eigenvalue weighted by Gasteiger charge is 2.30. The van der Waals surface area contributed by atoms with Crippen molar-refractivity contribution >= 4 is 39.5 Å². The van der Waals surface area contributed by atoms with Gasteiger partial charge in [-0.2, -0.15) is 0 Å². The van der Waals surface area contributed by atoms with E-state index in [-0.39, 0.29) is 25.7 Å². The Morgan fingerprint density at radius 2 is 0.500 bits per heavy atom. The third-order valence-corrected chi connectivity index (χ3v) is 21.6. The Labute approximate surface area is 626 Å². The minimum absolute atomic E-state index is 0.107. The second-order valence-electron chi connectivity index (χ2n) is 31.1. The van der Waals surface area contributed by atoms with Gasteiger partial charge in [0.05, 0.1) is 26.4 Å². The molecule has 0 rings (SSSR count). The summed E-state index contributed by atoms with van der Waals surface area (Å²) in [6.07, 6.45) is 62.4. The van der Waals surface area contributed by atoms with Crippen LogP contribution < -0.4 is 0 Å². The Hall–Kier alpha value is -1.94. The number of phosphoric ester groups is 2. The average Bonchev–Trinajstić information content (AvgIpc) is 0.918. The van der Waals surface area contributed by atoms with Crippen LogP contribution >= 0.6 is 15.6 Å². The van der Waals surface area contributed by atoms with Crippen LogP contribution in [-0.2, 0) is 65.4 Å². The molecule has 0 bridgehead atoms. The van der Waals surface area contributed by atoms with Crippen molar-refractivity contribution < 1.29 is 80.2 Å². The number of unbranched alkanes of at least 4 members (excludes halogenated alkanes) is 48. The van der Waals surface area contributed by atoms with Gasteiger partial charge in [-0.1, -0.05) is 382 Å². The Kier molecular flexibility index (Phi) is 71.8. The molecule has 0 aliphatic rings. The molecule has 606 valence electrons. The van der Waals surface area contributed by atoms with Crippen molar-refractivity contribution in [2.45, 2.75) is 452 Å². The Morgan fingerprint density at radius 3 is 0.745 bits per heavy atom. The van der Waals surface area contributed by atoms with Gasteiger partial charge in [-0.15, -0.1) is 0 Å². The van der Waals surface area contributed by atoms with Crippen LogP contribution in [0.3, 0.4) is 0 Å². The first kappa shape index (κ1) is 100. The van der Waals surface area contributed by atoms with Crippen LogP contribution in [0.4, 0.5) is 0 Å². The monoisotopic (exact) mass is 1490 g/mol. The molecule has 6 atom stereocenters. The average molecular weight is 1490 g/mol. The fraction of sp³-hybridized carbons (Fsp3) is 0.952. The summed E-state index contributed by atoms with van der Waals surface area (Å²) in [4.78, 5) is 73.1. The van der Waals surface area contributed by atoms with Gasteiger partial charge in [-0.05, 0) is 43.4 Å². The molecule has 0 aromatic carbocycles. The fourth-order valence-corrected chi connectivity index (χ4v) is 14.4. The molecule has 0 amide bonds. The number of rotatable bonds is 81. The van der Waals surface area contributed by atoms with Crippen LogP contribution in [0, 0.1) is 17.8 Å². The first-order valence-electron chi connectivity index (χ1n) is 42.9. The predicted molar refractivity (Wildman–Crippen MR) is 418 cm³/mol. The number of carbonyl (C=O) groups excluding carboxylic acids is 4. The highest BCUT2D eigenvalue weighted by atomic mass is 31.2. The molecule has 0 aliphatic carbocycles. The molecule has 0 aromatic rings. The highest BCUT2D eigenvalue weighted by Crippen LogP contribution is 2.45. The van der Waals surface area contributed by atoms with Crippen LogP contribution in [0.1, 0.15) is 434 Å². The Bertz CT molecular complexity index is 1980. The van der Waals surface area contributed by atoms with E-state index < -0.39 is 97.5 Å². The quantitative estimate of drug-likeness (QED) is 0.0222. The van der Waals surface area contributed by atoms with Crippen LogP contribution in [0.25, 0.3) is 0 Å². The van der Waals surface area contributed by atoms with Gasteiger partial charge in [0, 0.05) is 25.7 Å². The molecule has 3 unspecified atom stereocenters. The van der Waals surface area contributed by atoms with E-state index in [1.807, 2.05) is 0 Å². The third kappa shape index (κ3) is 74.9. The first-order valence-corrected chi connectivity index (χ1v) is 45.9. The zero-order valence-electron chi connectivity index (χ0n) is 67.1. The lowest BCUT2D eigenvalue weighted by Crippen LogP contribution is -2.30. The van der Waals surface area contributed by atoms with E-state index in [9.17, 15) is 43.2 Å². The van der Waals surface area contributed by atoms with Crippen LogP contribution in [0.15, 0.2) is 0 Å². The van der Waals surface area contributed by atoms with Gasteiger partial charge in [0.15, 0.2) is 12.2 Å². The summed E-state index contributed by atoms with van der Waals surface area (Å²) in [6, 6.07) is 0. The maximum Gasteiger partial charge on any atom is 0.472 e. The molecule has 17 nitrogen and oxygen atoms in total. The third-order valence-electron chi connectivity index (χ3n) is 19.7. The number of hydrogen-bond donors (Lipinski definition) is 3. The predicted octanol–water partition coefficient (Wildman–Crippen LogP) is 24.9. The molecule has 102 heavy (non-hydrogen) atoms. The molecule has 19 heteroatoms. The molecule has 0 saturated heterocycles. The van der Waals surface area contributed by atoms with E-state index in [1.54, 1.807) is 0 Å². The normalized spacial score (nSPS) is 14.2. The van der Waals surface area contributed by atoms with Gasteiger partial charge in [0.1, 0.15) is 19.3 Å². The standard InChI is InChI=1S/C83H162O17P2/c1-8-10-11-12-13-14-15-22-30-37-45-52-59-66-82(87)100-79(71-94-81(86)65-58-51-44-39-32-34-41-48-55-62-75(5)6)73-98-102(91,92)96-69-77(84)68-95-101(89,90)97-72-78(70-93-80(85)64-57-50-43-36-29-26-25-27-33-40-47-54-61-74(3)4)99-83(88)67-60-53-46-38-31-24-21-19-17-16-18-20-23-28-35-42-49-56-63-76(7)9-2/h74-79,84H,8-73H2,1-7H3,(H,89,90)(H,91,92)/t76?,77-,78-,79-/m1/s1. The van der Waals surface area contributed by atoms with Crippen LogP contribution in [0.5, 0.6) is 0 Å². The summed E-state index contributed by atoms with van der Waals surface area (Å²) in [6.45, 7) is 12.0. The molecule has 3 N–H and O–H groups in total. The number of aliphatic hydroxyl groups excluding tert-OH is 1. The molecule has 0 aromatic heterocycles. The second-order valence-corrected chi connectivity index (χ2v) is 34.0. The SMILES string of the molecule is CCCCCCCCCCCCCCCC(=O)O[C@H](COC(=O)CCCCCCCCCCCC(C)C)COP(=O)(O)OC[C@H](O)COP(=O)(O)OC[C@@H](COC(=O)CCCCCCCCCCCCCCC(C)C)OC(=O)CCCCCCCCCCCCCCCCCCCCC(C)CC. The van der Waals surface area contributed by atoms with Gasteiger partial charge >= 0.3 is 39.5 Å². The van der Waals surface area contributed by atoms with E-state index in [2.05, 4.69) is 48.5 Å². The zero-order chi connectivity index (χ0) is 75.1. The molecule has 0 saturated carbocycles. The van der Waals surface area contributed by atoms with Crippen molar-refractivity contribution in [1.29, 1.82) is 0 Å². The van der Waals surface area contributed by atoms with Crippen molar-refractivity contribution in [3.63, 3.8) is 0 Å². The highest BCUT2D eigenvalue weighted by molar-refractivity contribution is 7.47. The van der Waals surface area contributed by atoms with Crippen molar-refractivity contribution in [2.24, 2.45) is 17.8 Å². The van der Waals surface area contributed by atoms with Crippen molar-refractivity contribution in [3.05, 3.63) is 0 Å². The van der Waals surface area contributed by atoms with E-state index in [1.165, 1.54) is 244 Å². The van der Waals surface area contributed by atoms with E-state index in [0.29, 0.717) is 25.7 Å². The Balaban J connectivity index is 5.23. The number of aliphatic hydroxyl groups is 1. The van der Waals surface area contributed by atoms with Crippen molar-refractivity contribution in [1.82, 2.24) is 0 Å². The molecular weight excluding hydrogens is 1330 g/mol. The second kappa shape index (κ2) is 73.2. The lowest BCUT2D eigenvalue weighted by Gasteiger charge is -2.21. The van der Waals surface area contributed by atoms with Gasteiger partial charge in [-0.25, -0.2) is 9.13 Å². The fourth-order valence-electron chi connectivity index (χ4n) is 12.8. The zero-order valence-corrected chi connectivity index (χ0v) is 68.9. The van der Waals surface area contributed by atoms with E-state index >= 15 is 0 Å². The lowest BCUT2D eigenvalue weighted by atomic mass is 9.99. The van der Waals surface area contributed by atoms with Gasteiger partial charge in [0.25, 0.3) is 0 Å². The van der Waals surface area contributed by atoms with Gasteiger partial charge in [-0.3, -0.25) is 37.3 Å². The molecule has 0 radical (unpaired) electrons. The maximum absolute atomic E-state index is 13.1. The summed E-state index contributed by atoms with van der Waals surface area (Å²) < 4.78 is 68.8. The minimum Gasteiger partial charge on any atom is -0.462 e. The van der Waals surface area contributed by atoms with Crippen LogP contribution in [-0.4, -0.2) is 96.7 Å². The smallest absolute Gasteiger partial charge is 0.462 e. The topological polar surface area (TPSA) is 237 Å². The minimum atomic E-state index is -4.96. The first-order chi connectivity index (χ1) is 49.3. The molecule has 0 aliphatic heterocycles. The summed E-state index contributed by atoms with van der Waals surface area (Å²) in [7, 11) is -9.92. The molecule has 0 heterocycles. The number of carbonyl (C=O) groups is 4. The van der Waals surface area contributed by atoms with Crippen molar-refractivity contribution in [3.8, 4) is 0 Å². The van der Waals surface area contributed by atoms with E-state index in [4.69, 9.17) is 37.0 Å². The van der Waals surface area contributed by atoms with Crippen molar-refractivity contribution in [2.75, 3.05) is 39.6 Å². The maximum atomic E-state index is 13.1. The van der Waals surface area contributed by atoms with E-state index in [0.717, 1.165) is 108 Å². The van der Waals surface area contributed by atoms with Gasteiger partial charge < -0.3 is 33.8 Å². The summed E-state index contributed by atoms with van der Waals surface area (Å²) in [5.41, 5.74) is 0. The van der Waals surface area contributed by atoms with Gasteiger partial charge in [0.2, 0.25) is 0 Å². The summed E-state index contributed by atoms with van der Waals surface area (Å²) in [5.74, 6) is 0.289. The number of esters is 4. The molecule has 0 spiro atoms. The molecular formula is C83H162O17P2. The lowest BCUT2D eigenvalue weighted by molar-refractivity contribution is -0.161. The summed E-state index contributed by atoms with van der Waals surface area (Å²) in [5, 5.41) is 10.7. The molecule has 0 fully saturated rings. The number of ether oxygens (including phenoxy) is 4. The Morgan fingerprint density at radius 1 is 0.284 bits per heavy atom. The number of phosphoric acid groups is 2. The largest absolute Gasteiger partial charge is 0.472 e. The van der Waals surface area contributed by atoms with Crippen LogP contribution in [0.2, 0.25) is 0 Å². The summed E-state index contributed by atoms with van der Waals surface area (Å²) >= 11 is 0.